The monoisotopic (exact) mass is 344 g/mol. The van der Waals surface area contributed by atoms with Gasteiger partial charge in [0.25, 0.3) is 0 Å². The van der Waals surface area contributed by atoms with E-state index >= 15 is 0 Å². The lowest BCUT2D eigenvalue weighted by molar-refractivity contribution is 0.0695. The molecular weight excluding hydrogens is 338 g/mol. The maximum Gasteiger partial charge on any atom is 0.336 e. The third-order valence-corrected chi connectivity index (χ3v) is 3.75. The number of aromatic carboxylic acids is 1. The molecule has 1 rings (SSSR count). The number of carboxylic acids is 1. The Balaban J connectivity index is 3.57. The maximum atomic E-state index is 12.7. The first kappa shape index (κ1) is 12.4. The molecule has 7 heteroatoms. The quantitative estimate of drug-likeness (QED) is 0.658. The highest BCUT2D eigenvalue weighted by molar-refractivity contribution is 14.1. The molecule has 0 aliphatic rings. The van der Waals surface area contributed by atoms with Gasteiger partial charge >= 0.3 is 16.2 Å². The summed E-state index contributed by atoms with van der Waals surface area (Å²) in [5, 5.41) is 8.76. The fraction of sp³-hybridized carbons (Fsp3) is 0.125. The van der Waals surface area contributed by atoms with Gasteiger partial charge in [0.05, 0.1) is 5.56 Å². The summed E-state index contributed by atoms with van der Waals surface area (Å²) >= 11 is 1.75. The van der Waals surface area contributed by atoms with Gasteiger partial charge < -0.3 is 5.11 Å². The second-order valence-electron chi connectivity index (χ2n) is 2.82. The minimum absolute atomic E-state index is 0.210. The zero-order valence-electron chi connectivity index (χ0n) is 7.49. The van der Waals surface area contributed by atoms with Gasteiger partial charge in [-0.3, -0.25) is 0 Å². The summed E-state index contributed by atoms with van der Waals surface area (Å²) in [7, 11) is -4.87. The van der Waals surface area contributed by atoms with Crippen LogP contribution in [0.1, 0.15) is 15.9 Å². The van der Waals surface area contributed by atoms with Crippen molar-refractivity contribution in [1.29, 1.82) is 0 Å². The minimum Gasteiger partial charge on any atom is -0.478 e. The number of halogens is 2. The predicted octanol–water partition coefficient (Wildman–Crippen LogP) is 1.96. The van der Waals surface area contributed by atoms with Crippen LogP contribution in [0, 0.1) is 10.5 Å². The Labute approximate surface area is 99.5 Å². The smallest absolute Gasteiger partial charge is 0.336 e. The lowest BCUT2D eigenvalue weighted by atomic mass is 10.1. The van der Waals surface area contributed by atoms with Gasteiger partial charge in [-0.15, -0.1) is 3.89 Å². The van der Waals surface area contributed by atoms with Crippen molar-refractivity contribution in [2.75, 3.05) is 0 Å². The molecule has 0 aliphatic carbocycles. The van der Waals surface area contributed by atoms with Crippen molar-refractivity contribution in [3.8, 4) is 0 Å². The largest absolute Gasteiger partial charge is 0.478 e. The van der Waals surface area contributed by atoms with Gasteiger partial charge in [0.1, 0.15) is 4.90 Å². The maximum absolute atomic E-state index is 12.7. The second kappa shape index (κ2) is 4.05. The van der Waals surface area contributed by atoms with E-state index in [9.17, 15) is 17.1 Å². The lowest BCUT2D eigenvalue weighted by Crippen LogP contribution is -2.04. The Hall–Kier alpha value is -0.700. The van der Waals surface area contributed by atoms with Crippen LogP contribution in [0.3, 0.4) is 0 Å². The first-order chi connectivity index (χ1) is 6.73. The Morgan fingerprint density at radius 1 is 1.47 bits per heavy atom. The number of carbonyl (C=O) groups is 1. The number of hydrogen-bond acceptors (Lipinski definition) is 3. The van der Waals surface area contributed by atoms with Crippen molar-refractivity contribution in [2.24, 2.45) is 0 Å². The average molecular weight is 344 g/mol. The van der Waals surface area contributed by atoms with E-state index in [-0.39, 0.29) is 5.56 Å². The van der Waals surface area contributed by atoms with Gasteiger partial charge in [0, 0.05) is 3.57 Å². The molecule has 0 heterocycles. The van der Waals surface area contributed by atoms with E-state index in [4.69, 9.17) is 5.11 Å². The predicted molar refractivity (Wildman–Crippen MR) is 59.1 cm³/mol. The summed E-state index contributed by atoms with van der Waals surface area (Å²) in [5.41, 5.74) is 0.202. The van der Waals surface area contributed by atoms with Gasteiger partial charge in [-0.2, -0.15) is 8.42 Å². The van der Waals surface area contributed by atoms with E-state index in [0.717, 1.165) is 12.1 Å². The van der Waals surface area contributed by atoms with Gasteiger partial charge in [0.2, 0.25) is 0 Å². The molecule has 0 saturated heterocycles. The van der Waals surface area contributed by atoms with Crippen molar-refractivity contribution in [3.05, 3.63) is 26.8 Å². The van der Waals surface area contributed by atoms with E-state index in [0.29, 0.717) is 9.13 Å². The van der Waals surface area contributed by atoms with E-state index in [1.807, 2.05) is 0 Å². The normalized spacial score (nSPS) is 11.4. The molecule has 1 N–H and O–H groups in total. The van der Waals surface area contributed by atoms with Crippen LogP contribution in [0.5, 0.6) is 0 Å². The van der Waals surface area contributed by atoms with E-state index in [1.54, 1.807) is 22.6 Å². The third kappa shape index (κ3) is 2.65. The van der Waals surface area contributed by atoms with Gasteiger partial charge in [0.15, 0.2) is 0 Å². The first-order valence-electron chi connectivity index (χ1n) is 3.71. The first-order valence-corrected chi connectivity index (χ1v) is 6.18. The number of hydrogen-bond donors (Lipinski definition) is 1. The topological polar surface area (TPSA) is 71.4 Å². The number of rotatable bonds is 2. The molecular formula is C8H6FIO4S. The summed E-state index contributed by atoms with van der Waals surface area (Å²) in [6, 6.07) is 1.91. The standard InChI is InChI=1S/C8H6FIO4S/c1-4-6(8(11)12)2-5(3-7(4)10)15(9,13)14/h2-3H,1H3,(H,11,12). The summed E-state index contributed by atoms with van der Waals surface area (Å²) in [6.07, 6.45) is 0. The van der Waals surface area contributed by atoms with Gasteiger partial charge in [-0.25, -0.2) is 4.79 Å². The highest BCUT2D eigenvalue weighted by atomic mass is 127. The van der Waals surface area contributed by atoms with Crippen molar-refractivity contribution in [1.82, 2.24) is 0 Å². The molecule has 1 aromatic rings. The van der Waals surface area contributed by atoms with Crippen LogP contribution >= 0.6 is 22.6 Å². The Kier molecular flexibility index (Phi) is 3.34. The summed E-state index contributed by atoms with van der Waals surface area (Å²) in [6.45, 7) is 1.53. The third-order valence-electron chi connectivity index (χ3n) is 1.83. The highest BCUT2D eigenvalue weighted by Gasteiger charge is 2.18. The van der Waals surface area contributed by atoms with E-state index in [1.165, 1.54) is 6.92 Å². The molecule has 0 unspecified atom stereocenters. The SMILES string of the molecule is Cc1c(I)cc(S(=O)(=O)F)cc1C(=O)O. The Morgan fingerprint density at radius 2 is 2.00 bits per heavy atom. The average Bonchev–Trinajstić information content (AvgIpc) is 2.06. The fourth-order valence-corrected chi connectivity index (χ4v) is 2.37. The molecule has 0 aliphatic heterocycles. The van der Waals surface area contributed by atoms with Crippen molar-refractivity contribution < 1.29 is 22.2 Å². The molecule has 0 bridgehead atoms. The van der Waals surface area contributed by atoms with Crippen LogP contribution in [0.15, 0.2) is 17.0 Å². The number of carboxylic acid groups (broad SMARTS) is 1. The zero-order chi connectivity index (χ0) is 11.8. The van der Waals surface area contributed by atoms with Gasteiger partial charge in [-0.1, -0.05) is 0 Å². The van der Waals surface area contributed by atoms with Crippen LogP contribution in [0.25, 0.3) is 0 Å². The highest BCUT2D eigenvalue weighted by Crippen LogP contribution is 2.23. The van der Waals surface area contributed by atoms with Crippen LogP contribution in [0.4, 0.5) is 3.89 Å². The number of benzene rings is 1. The summed E-state index contributed by atoms with van der Waals surface area (Å²) in [5.74, 6) is -1.28. The van der Waals surface area contributed by atoms with Crippen molar-refractivity contribution in [2.45, 2.75) is 11.8 Å². The van der Waals surface area contributed by atoms with Crippen LogP contribution in [0.2, 0.25) is 0 Å². The Bertz CT molecular complexity index is 524. The van der Waals surface area contributed by atoms with Crippen LogP contribution in [-0.2, 0) is 10.2 Å². The zero-order valence-corrected chi connectivity index (χ0v) is 10.5. The molecule has 0 spiro atoms. The summed E-state index contributed by atoms with van der Waals surface area (Å²) in [4.78, 5) is 10.1. The summed E-state index contributed by atoms with van der Waals surface area (Å²) < 4.78 is 34.3. The molecule has 0 atom stereocenters. The van der Waals surface area contributed by atoms with E-state index < -0.39 is 21.1 Å². The molecule has 0 radical (unpaired) electrons. The van der Waals surface area contributed by atoms with Crippen molar-refractivity contribution in [3.63, 3.8) is 0 Å². The van der Waals surface area contributed by atoms with Crippen LogP contribution in [-0.4, -0.2) is 19.5 Å². The van der Waals surface area contributed by atoms with E-state index in [2.05, 4.69) is 0 Å². The molecule has 1 aromatic carbocycles. The molecule has 0 saturated carbocycles. The molecule has 0 aromatic heterocycles. The molecule has 15 heavy (non-hydrogen) atoms. The Morgan fingerprint density at radius 3 is 2.40 bits per heavy atom. The minimum atomic E-state index is -4.87. The van der Waals surface area contributed by atoms with Crippen molar-refractivity contribution >= 4 is 38.8 Å². The second-order valence-corrected chi connectivity index (χ2v) is 5.33. The molecule has 4 nitrogen and oxygen atoms in total. The molecule has 0 fully saturated rings. The van der Waals surface area contributed by atoms with Gasteiger partial charge in [-0.05, 0) is 47.2 Å². The fourth-order valence-electron chi connectivity index (χ4n) is 1.02. The molecule has 82 valence electrons. The van der Waals surface area contributed by atoms with Crippen LogP contribution < -0.4 is 0 Å². The lowest BCUT2D eigenvalue weighted by Gasteiger charge is -2.05. The molecule has 0 amide bonds.